The topological polar surface area (TPSA) is 83.1 Å². The monoisotopic (exact) mass is 454 g/mol. The van der Waals surface area contributed by atoms with E-state index in [1.165, 1.54) is 4.31 Å². The van der Waals surface area contributed by atoms with E-state index in [2.05, 4.69) is 15.5 Å². The molecule has 1 unspecified atom stereocenters. The van der Waals surface area contributed by atoms with Crippen LogP contribution in [-0.2, 0) is 19.5 Å². The van der Waals surface area contributed by atoms with Gasteiger partial charge in [0.25, 0.3) is 0 Å². The van der Waals surface area contributed by atoms with Crippen LogP contribution in [0, 0.1) is 0 Å². The van der Waals surface area contributed by atoms with Crippen molar-refractivity contribution in [1.29, 1.82) is 0 Å². The van der Waals surface area contributed by atoms with Crippen LogP contribution in [0.4, 0.5) is 11.4 Å². The van der Waals surface area contributed by atoms with Gasteiger partial charge in [-0.3, -0.25) is 0 Å². The molecule has 0 bridgehead atoms. The van der Waals surface area contributed by atoms with Gasteiger partial charge in [-0.1, -0.05) is 0 Å². The largest absolute Gasteiger partial charge is 0.379 e. The van der Waals surface area contributed by atoms with Gasteiger partial charge in [-0.15, -0.1) is 0 Å². The molecule has 3 aliphatic heterocycles. The smallest absolute Gasteiger partial charge is 0.243 e. The number of nitrogens with zero attached hydrogens (tertiary/aromatic N) is 2. The van der Waals surface area contributed by atoms with Crippen molar-refractivity contribution in [2.24, 2.45) is 0 Å². The molecular formula is C20H30N4O4S2. The van der Waals surface area contributed by atoms with Gasteiger partial charge in [0.2, 0.25) is 10.0 Å². The lowest BCUT2D eigenvalue weighted by molar-refractivity contribution is 0.0730. The normalized spacial score (nSPS) is 22.9. The van der Waals surface area contributed by atoms with E-state index in [-0.39, 0.29) is 11.0 Å². The van der Waals surface area contributed by atoms with Crippen LogP contribution < -0.4 is 15.5 Å². The third-order valence-corrected chi connectivity index (χ3v) is 7.93. The van der Waals surface area contributed by atoms with Crippen LogP contribution >= 0.6 is 12.2 Å². The number of rotatable bonds is 6. The van der Waals surface area contributed by atoms with Crippen LogP contribution in [0.25, 0.3) is 0 Å². The van der Waals surface area contributed by atoms with Crippen molar-refractivity contribution in [3.05, 3.63) is 18.2 Å². The van der Waals surface area contributed by atoms with Crippen molar-refractivity contribution in [2.45, 2.75) is 36.7 Å². The maximum atomic E-state index is 13.1. The summed E-state index contributed by atoms with van der Waals surface area (Å²) in [7, 11) is -3.57. The third-order valence-electron chi connectivity index (χ3n) is 5.79. The van der Waals surface area contributed by atoms with Crippen LogP contribution in [-0.4, -0.2) is 76.5 Å². The standard InChI is InChI=1S/C20H30N4O4S2/c25-30(26,24-9-12-27-13-10-24)17-5-6-19(23-7-1-2-8-23)18(14-17)22-20(29)21-15-16-4-3-11-28-16/h5-6,14,16H,1-4,7-13,15H2,(H2,21,22,29). The summed E-state index contributed by atoms with van der Waals surface area (Å²) < 4.78 is 38.7. The summed E-state index contributed by atoms with van der Waals surface area (Å²) in [4.78, 5) is 2.55. The molecule has 3 fully saturated rings. The highest BCUT2D eigenvalue weighted by Gasteiger charge is 2.28. The number of hydrogen-bond acceptors (Lipinski definition) is 6. The lowest BCUT2D eigenvalue weighted by Crippen LogP contribution is -2.40. The molecule has 1 aromatic carbocycles. The van der Waals surface area contributed by atoms with Gasteiger partial charge in [0.15, 0.2) is 5.11 Å². The predicted molar refractivity (Wildman–Crippen MR) is 121 cm³/mol. The molecule has 4 rings (SSSR count). The fourth-order valence-electron chi connectivity index (χ4n) is 4.12. The number of anilines is 2. The zero-order chi connectivity index (χ0) is 21.0. The van der Waals surface area contributed by atoms with Gasteiger partial charge in [0, 0.05) is 39.3 Å². The third kappa shape index (κ3) is 5.05. The number of ether oxygens (including phenoxy) is 2. The Morgan fingerprint density at radius 1 is 1.10 bits per heavy atom. The Hall–Kier alpha value is -1.46. The summed E-state index contributed by atoms with van der Waals surface area (Å²) >= 11 is 5.49. The molecule has 30 heavy (non-hydrogen) atoms. The maximum Gasteiger partial charge on any atom is 0.243 e. The van der Waals surface area contributed by atoms with E-state index in [1.807, 2.05) is 6.07 Å². The van der Waals surface area contributed by atoms with E-state index >= 15 is 0 Å². The number of benzene rings is 1. The van der Waals surface area contributed by atoms with Crippen molar-refractivity contribution >= 4 is 38.7 Å². The first-order valence-electron chi connectivity index (χ1n) is 10.7. The van der Waals surface area contributed by atoms with Crippen LogP contribution in [0.15, 0.2) is 23.1 Å². The quantitative estimate of drug-likeness (QED) is 0.630. The van der Waals surface area contributed by atoms with Crippen LogP contribution in [0.1, 0.15) is 25.7 Å². The molecule has 166 valence electrons. The van der Waals surface area contributed by atoms with Gasteiger partial charge >= 0.3 is 0 Å². The van der Waals surface area contributed by atoms with E-state index in [4.69, 9.17) is 21.7 Å². The molecule has 10 heteroatoms. The Labute approximate surface area is 183 Å². The fourth-order valence-corrected chi connectivity index (χ4v) is 5.75. The molecule has 8 nitrogen and oxygen atoms in total. The van der Waals surface area contributed by atoms with Crippen LogP contribution in [0.2, 0.25) is 0 Å². The highest BCUT2D eigenvalue weighted by Crippen LogP contribution is 2.32. The Bertz CT molecular complexity index is 846. The van der Waals surface area contributed by atoms with Crippen LogP contribution in [0.5, 0.6) is 0 Å². The first-order chi connectivity index (χ1) is 14.5. The predicted octanol–water partition coefficient (Wildman–Crippen LogP) is 1.77. The molecule has 0 saturated carbocycles. The van der Waals surface area contributed by atoms with Gasteiger partial charge < -0.3 is 25.0 Å². The molecule has 1 atom stereocenters. The summed E-state index contributed by atoms with van der Waals surface area (Å²) in [5, 5.41) is 6.93. The lowest BCUT2D eigenvalue weighted by atomic mass is 10.2. The summed E-state index contributed by atoms with van der Waals surface area (Å²) in [5.74, 6) is 0. The van der Waals surface area contributed by atoms with E-state index in [0.29, 0.717) is 38.0 Å². The minimum absolute atomic E-state index is 0.177. The Balaban J connectivity index is 1.53. The van der Waals surface area contributed by atoms with Gasteiger partial charge in [-0.25, -0.2) is 8.42 Å². The zero-order valence-electron chi connectivity index (χ0n) is 17.1. The molecule has 0 aliphatic carbocycles. The minimum atomic E-state index is -3.57. The summed E-state index contributed by atoms with van der Waals surface area (Å²) in [5.41, 5.74) is 1.70. The van der Waals surface area contributed by atoms with E-state index in [1.54, 1.807) is 12.1 Å². The molecule has 2 N–H and O–H groups in total. The zero-order valence-corrected chi connectivity index (χ0v) is 18.8. The number of morpholine rings is 1. The van der Waals surface area contributed by atoms with E-state index < -0.39 is 10.0 Å². The molecule has 3 saturated heterocycles. The molecule has 0 radical (unpaired) electrons. The second-order valence-corrected chi connectivity index (χ2v) is 10.2. The van der Waals surface area contributed by atoms with Gasteiger partial charge in [-0.2, -0.15) is 4.31 Å². The Kier molecular flexibility index (Phi) is 7.09. The number of hydrogen-bond donors (Lipinski definition) is 2. The summed E-state index contributed by atoms with van der Waals surface area (Å²) in [6, 6.07) is 5.30. The van der Waals surface area contributed by atoms with Crippen molar-refractivity contribution in [2.75, 3.05) is 62.8 Å². The molecule has 3 aliphatic rings. The van der Waals surface area contributed by atoms with Gasteiger partial charge in [-0.05, 0) is 56.1 Å². The molecule has 0 amide bonds. The van der Waals surface area contributed by atoms with Crippen molar-refractivity contribution in [3.8, 4) is 0 Å². The van der Waals surface area contributed by atoms with Crippen molar-refractivity contribution in [3.63, 3.8) is 0 Å². The highest BCUT2D eigenvalue weighted by atomic mass is 32.2. The molecular weight excluding hydrogens is 424 g/mol. The number of sulfonamides is 1. The fraction of sp³-hybridized carbons (Fsp3) is 0.650. The van der Waals surface area contributed by atoms with E-state index in [0.717, 1.165) is 56.8 Å². The number of thiocarbonyl (C=S) groups is 1. The summed E-state index contributed by atoms with van der Waals surface area (Å²) in [6.07, 6.45) is 4.55. The van der Waals surface area contributed by atoms with Crippen LogP contribution in [0.3, 0.4) is 0 Å². The van der Waals surface area contributed by atoms with E-state index in [9.17, 15) is 8.42 Å². The van der Waals surface area contributed by atoms with Gasteiger partial charge in [0.05, 0.1) is 35.6 Å². The summed E-state index contributed by atoms with van der Waals surface area (Å²) in [6.45, 7) is 4.96. The average Bonchev–Trinajstić information content (AvgIpc) is 3.47. The average molecular weight is 455 g/mol. The van der Waals surface area contributed by atoms with Crippen molar-refractivity contribution < 1.29 is 17.9 Å². The number of nitrogens with one attached hydrogen (secondary N) is 2. The Morgan fingerprint density at radius 3 is 2.57 bits per heavy atom. The van der Waals surface area contributed by atoms with Crippen molar-refractivity contribution in [1.82, 2.24) is 9.62 Å². The second kappa shape index (κ2) is 9.78. The highest BCUT2D eigenvalue weighted by molar-refractivity contribution is 7.89. The lowest BCUT2D eigenvalue weighted by Gasteiger charge is -2.27. The Morgan fingerprint density at radius 2 is 1.87 bits per heavy atom. The first-order valence-corrected chi connectivity index (χ1v) is 12.5. The maximum absolute atomic E-state index is 13.1. The molecule has 3 heterocycles. The van der Waals surface area contributed by atoms with Gasteiger partial charge in [0.1, 0.15) is 0 Å². The SMILES string of the molecule is O=S(=O)(c1ccc(N2CCCC2)c(NC(=S)NCC2CCCO2)c1)N1CCOCC1. The molecule has 0 aromatic heterocycles. The molecule has 1 aromatic rings. The first kappa shape index (κ1) is 21.8. The second-order valence-electron chi connectivity index (χ2n) is 7.86. The minimum Gasteiger partial charge on any atom is -0.379 e. The molecule has 0 spiro atoms.